The van der Waals surface area contributed by atoms with Gasteiger partial charge in [0.1, 0.15) is 5.75 Å². The van der Waals surface area contributed by atoms with Crippen molar-refractivity contribution in [3.63, 3.8) is 0 Å². The second kappa shape index (κ2) is 5.46. The van der Waals surface area contributed by atoms with Crippen LogP contribution < -0.4 is 5.32 Å². The van der Waals surface area contributed by atoms with Gasteiger partial charge in [-0.1, -0.05) is 25.8 Å². The van der Waals surface area contributed by atoms with Crippen LogP contribution in [0.5, 0.6) is 5.75 Å². The zero-order valence-electron chi connectivity index (χ0n) is 8.01. The van der Waals surface area contributed by atoms with Gasteiger partial charge >= 0.3 is 0 Å². The fourth-order valence-electron chi connectivity index (χ4n) is 1.17. The zero-order chi connectivity index (χ0) is 9.52. The molecule has 71 valence electrons. The van der Waals surface area contributed by atoms with Crippen molar-refractivity contribution in [2.24, 2.45) is 0 Å². The van der Waals surface area contributed by atoms with Crippen LogP contribution in [0.25, 0.3) is 0 Å². The Morgan fingerprint density at radius 1 is 1.46 bits per heavy atom. The van der Waals surface area contributed by atoms with Crippen LogP contribution in [-0.2, 0) is 0 Å². The van der Waals surface area contributed by atoms with Crippen molar-refractivity contribution in [1.82, 2.24) is 0 Å². The molecule has 2 nitrogen and oxygen atoms in total. The Bertz CT molecular complexity index is 248. The monoisotopic (exact) mass is 178 g/mol. The van der Waals surface area contributed by atoms with E-state index in [4.69, 9.17) is 0 Å². The maximum absolute atomic E-state index is 9.37. The molecule has 0 saturated carbocycles. The van der Waals surface area contributed by atoms with Crippen LogP contribution >= 0.6 is 0 Å². The van der Waals surface area contributed by atoms with E-state index in [0.29, 0.717) is 0 Å². The normalized spacial score (nSPS) is 9.92. The Morgan fingerprint density at radius 2 is 2.31 bits per heavy atom. The molecule has 0 amide bonds. The fraction of sp³-hybridized carbons (Fsp3) is 0.455. The molecular formula is C11H16NO. The van der Waals surface area contributed by atoms with Crippen LogP contribution in [0.4, 0.5) is 5.69 Å². The summed E-state index contributed by atoms with van der Waals surface area (Å²) < 4.78 is 0. The zero-order valence-corrected chi connectivity index (χ0v) is 8.01. The van der Waals surface area contributed by atoms with Gasteiger partial charge < -0.3 is 10.4 Å². The van der Waals surface area contributed by atoms with Gasteiger partial charge in [-0.2, -0.15) is 0 Å². The van der Waals surface area contributed by atoms with Gasteiger partial charge in [-0.3, -0.25) is 0 Å². The van der Waals surface area contributed by atoms with Gasteiger partial charge in [0.25, 0.3) is 0 Å². The van der Waals surface area contributed by atoms with E-state index in [2.05, 4.69) is 18.3 Å². The molecule has 0 fully saturated rings. The summed E-state index contributed by atoms with van der Waals surface area (Å²) in [4.78, 5) is 0. The first-order valence-corrected chi connectivity index (χ1v) is 4.77. The molecule has 1 aromatic carbocycles. The molecule has 0 atom stereocenters. The molecule has 0 bridgehead atoms. The van der Waals surface area contributed by atoms with Gasteiger partial charge in [-0.05, 0) is 24.6 Å². The number of nitrogens with one attached hydrogen (secondary N) is 1. The number of unbranched alkanes of at least 4 members (excludes halogenated alkanes) is 2. The third kappa shape index (κ3) is 3.36. The van der Waals surface area contributed by atoms with Crippen molar-refractivity contribution in [1.29, 1.82) is 0 Å². The second-order valence-electron chi connectivity index (χ2n) is 3.08. The van der Waals surface area contributed by atoms with Crippen LogP contribution in [0.15, 0.2) is 18.2 Å². The Kier molecular flexibility index (Phi) is 4.16. The van der Waals surface area contributed by atoms with E-state index in [1.807, 2.05) is 6.07 Å². The third-order valence-corrected chi connectivity index (χ3v) is 1.94. The first-order chi connectivity index (χ1) is 6.34. The summed E-state index contributed by atoms with van der Waals surface area (Å²) in [5, 5.41) is 12.6. The average molecular weight is 178 g/mol. The molecule has 0 saturated heterocycles. The smallest absolute Gasteiger partial charge is 0.139 e. The Balaban J connectivity index is 2.32. The molecule has 1 rings (SSSR count). The van der Waals surface area contributed by atoms with Crippen molar-refractivity contribution in [3.8, 4) is 5.75 Å². The lowest BCUT2D eigenvalue weighted by Gasteiger charge is -2.06. The highest BCUT2D eigenvalue weighted by Crippen LogP contribution is 2.20. The Labute approximate surface area is 79.6 Å². The van der Waals surface area contributed by atoms with E-state index in [-0.39, 0.29) is 5.75 Å². The summed E-state index contributed by atoms with van der Waals surface area (Å²) in [5.74, 6) is 0.277. The topological polar surface area (TPSA) is 32.3 Å². The number of rotatable bonds is 5. The summed E-state index contributed by atoms with van der Waals surface area (Å²) in [6.45, 7) is 3.10. The highest BCUT2D eigenvalue weighted by atomic mass is 16.3. The maximum Gasteiger partial charge on any atom is 0.139 e. The molecule has 1 aromatic rings. The van der Waals surface area contributed by atoms with Crippen LogP contribution in [0, 0.1) is 6.07 Å². The Hall–Kier alpha value is -1.18. The molecule has 0 unspecified atom stereocenters. The predicted molar refractivity (Wildman–Crippen MR) is 55.0 cm³/mol. The quantitative estimate of drug-likeness (QED) is 0.536. The standard InChI is InChI=1S/C11H16NO/c1-2-3-6-9-12-10-7-4-5-8-11(10)13/h4,7-8,12-13H,2-3,6,9H2,1H3. The van der Waals surface area contributed by atoms with Crippen molar-refractivity contribution >= 4 is 5.69 Å². The van der Waals surface area contributed by atoms with E-state index >= 15 is 0 Å². The van der Waals surface area contributed by atoms with E-state index in [1.54, 1.807) is 12.1 Å². The van der Waals surface area contributed by atoms with Crippen molar-refractivity contribution in [3.05, 3.63) is 24.3 Å². The van der Waals surface area contributed by atoms with Gasteiger partial charge in [-0.15, -0.1) is 0 Å². The minimum atomic E-state index is 0.277. The highest BCUT2D eigenvalue weighted by molar-refractivity contribution is 5.54. The van der Waals surface area contributed by atoms with Crippen molar-refractivity contribution < 1.29 is 5.11 Å². The SMILES string of the molecule is CCCCCNc1cc[c]cc1O. The van der Waals surface area contributed by atoms with Crippen LogP contribution in [0.1, 0.15) is 26.2 Å². The number of anilines is 1. The minimum absolute atomic E-state index is 0.277. The maximum atomic E-state index is 9.37. The molecule has 0 aromatic heterocycles. The Morgan fingerprint density at radius 3 is 3.00 bits per heavy atom. The number of aromatic hydroxyl groups is 1. The summed E-state index contributed by atoms with van der Waals surface area (Å²) in [6.07, 6.45) is 3.59. The van der Waals surface area contributed by atoms with E-state index in [1.165, 1.54) is 12.8 Å². The molecule has 0 heterocycles. The number of phenolic OH excluding ortho intramolecular Hbond substituents is 1. The first kappa shape index (κ1) is 9.90. The van der Waals surface area contributed by atoms with Crippen LogP contribution in [-0.4, -0.2) is 11.7 Å². The van der Waals surface area contributed by atoms with Crippen molar-refractivity contribution in [2.45, 2.75) is 26.2 Å². The fourth-order valence-corrected chi connectivity index (χ4v) is 1.17. The minimum Gasteiger partial charge on any atom is -0.506 e. The first-order valence-electron chi connectivity index (χ1n) is 4.77. The van der Waals surface area contributed by atoms with Crippen LogP contribution in [0.2, 0.25) is 0 Å². The molecule has 0 aliphatic rings. The molecule has 0 aliphatic heterocycles. The lowest BCUT2D eigenvalue weighted by atomic mass is 10.2. The number of benzene rings is 1. The molecule has 13 heavy (non-hydrogen) atoms. The predicted octanol–water partition coefficient (Wildman–Crippen LogP) is 2.79. The highest BCUT2D eigenvalue weighted by Gasteiger charge is 1.96. The summed E-state index contributed by atoms with van der Waals surface area (Å²) >= 11 is 0. The van der Waals surface area contributed by atoms with Crippen LogP contribution in [0.3, 0.4) is 0 Å². The molecule has 0 spiro atoms. The largest absolute Gasteiger partial charge is 0.506 e. The number of hydrogen-bond donors (Lipinski definition) is 2. The van der Waals surface area contributed by atoms with Gasteiger partial charge in [-0.25, -0.2) is 0 Å². The van der Waals surface area contributed by atoms with Crippen molar-refractivity contribution in [2.75, 3.05) is 11.9 Å². The van der Waals surface area contributed by atoms with E-state index in [0.717, 1.165) is 18.7 Å². The summed E-state index contributed by atoms with van der Waals surface area (Å²) in [7, 11) is 0. The summed E-state index contributed by atoms with van der Waals surface area (Å²) in [6, 6.07) is 8.01. The van der Waals surface area contributed by atoms with Gasteiger partial charge in [0.05, 0.1) is 5.69 Å². The van der Waals surface area contributed by atoms with Gasteiger partial charge in [0, 0.05) is 6.54 Å². The average Bonchev–Trinajstić information content (AvgIpc) is 2.15. The van der Waals surface area contributed by atoms with Gasteiger partial charge in [0.15, 0.2) is 0 Å². The van der Waals surface area contributed by atoms with E-state index < -0.39 is 0 Å². The number of phenols is 1. The van der Waals surface area contributed by atoms with Gasteiger partial charge in [0.2, 0.25) is 0 Å². The molecule has 1 radical (unpaired) electrons. The number of hydrogen-bond acceptors (Lipinski definition) is 2. The molecule has 2 heteroatoms. The molecule has 0 aliphatic carbocycles. The molecule has 2 N–H and O–H groups in total. The van der Waals surface area contributed by atoms with E-state index in [9.17, 15) is 5.11 Å². The second-order valence-corrected chi connectivity index (χ2v) is 3.08. The lowest BCUT2D eigenvalue weighted by molar-refractivity contribution is 0.477. The summed E-state index contributed by atoms with van der Waals surface area (Å²) in [5.41, 5.74) is 0.801. The lowest BCUT2D eigenvalue weighted by Crippen LogP contribution is -2.00. The molecular weight excluding hydrogens is 162 g/mol. The third-order valence-electron chi connectivity index (χ3n) is 1.94.